The molecule has 8 nitrogen and oxygen atoms in total. The quantitative estimate of drug-likeness (QED) is 0.587. The largest absolute Gasteiger partial charge is 0.378 e. The molecule has 0 spiro atoms. The third-order valence-corrected chi connectivity index (χ3v) is 7.74. The molecular formula is C24H26N4O4S. The summed E-state index contributed by atoms with van der Waals surface area (Å²) >= 11 is 0. The first-order valence-electron chi connectivity index (χ1n) is 10.9. The summed E-state index contributed by atoms with van der Waals surface area (Å²) in [6.07, 6.45) is 0. The number of nitrogens with zero attached hydrogens (tertiary/aromatic N) is 4. The van der Waals surface area contributed by atoms with E-state index in [-0.39, 0.29) is 17.4 Å². The van der Waals surface area contributed by atoms with Gasteiger partial charge < -0.3 is 14.5 Å². The number of ether oxygens (including phenoxy) is 1. The van der Waals surface area contributed by atoms with Crippen molar-refractivity contribution in [2.24, 2.45) is 0 Å². The van der Waals surface area contributed by atoms with Gasteiger partial charge in [0.05, 0.1) is 35.2 Å². The fourth-order valence-electron chi connectivity index (χ4n) is 4.57. The van der Waals surface area contributed by atoms with Crippen LogP contribution < -0.4 is 0 Å². The van der Waals surface area contributed by atoms with Gasteiger partial charge in [-0.15, -0.1) is 0 Å². The Bertz CT molecular complexity index is 1310. The number of rotatable bonds is 4. The minimum Gasteiger partial charge on any atom is -0.378 e. The summed E-state index contributed by atoms with van der Waals surface area (Å²) in [6.45, 7) is 2.34. The van der Waals surface area contributed by atoms with E-state index < -0.39 is 9.84 Å². The second-order valence-electron chi connectivity index (χ2n) is 8.62. The average Bonchev–Trinajstić information content (AvgIpc) is 3.18. The lowest BCUT2D eigenvalue weighted by Crippen LogP contribution is -2.41. The van der Waals surface area contributed by atoms with Crippen molar-refractivity contribution >= 4 is 15.7 Å². The van der Waals surface area contributed by atoms with Gasteiger partial charge in [-0.2, -0.15) is 5.10 Å². The van der Waals surface area contributed by atoms with Gasteiger partial charge in [0.15, 0.2) is 15.5 Å². The molecule has 2 aromatic carbocycles. The van der Waals surface area contributed by atoms with E-state index in [9.17, 15) is 13.2 Å². The monoisotopic (exact) mass is 466 g/mol. The van der Waals surface area contributed by atoms with Gasteiger partial charge in [0.25, 0.3) is 5.91 Å². The highest BCUT2D eigenvalue weighted by Crippen LogP contribution is 2.42. The second-order valence-corrected chi connectivity index (χ2v) is 10.5. The number of carbonyl (C=O) groups excluding carboxylic acids is 1. The maximum absolute atomic E-state index is 13.5. The summed E-state index contributed by atoms with van der Waals surface area (Å²) in [5, 5.41) is 4.70. The van der Waals surface area contributed by atoms with Gasteiger partial charge >= 0.3 is 0 Å². The first-order chi connectivity index (χ1) is 15.9. The van der Waals surface area contributed by atoms with Gasteiger partial charge in [-0.25, -0.2) is 13.1 Å². The molecule has 5 rings (SSSR count). The van der Waals surface area contributed by atoms with Gasteiger partial charge in [0.2, 0.25) is 0 Å². The first-order valence-corrected chi connectivity index (χ1v) is 12.6. The Morgan fingerprint density at radius 3 is 2.48 bits per heavy atom. The molecule has 2 aliphatic rings. The highest BCUT2D eigenvalue weighted by atomic mass is 32.2. The maximum atomic E-state index is 13.5. The van der Waals surface area contributed by atoms with Crippen LogP contribution in [0.1, 0.15) is 21.6 Å². The summed E-state index contributed by atoms with van der Waals surface area (Å²) in [6, 6.07) is 15.1. The molecule has 33 heavy (non-hydrogen) atoms. The Balaban J connectivity index is 1.76. The number of carbonyl (C=O) groups is 1. The maximum Gasteiger partial charge on any atom is 0.274 e. The van der Waals surface area contributed by atoms with Crippen LogP contribution in [0.3, 0.4) is 0 Å². The van der Waals surface area contributed by atoms with Crippen LogP contribution in [-0.2, 0) is 26.9 Å². The fraction of sp³-hybridized carbons (Fsp3) is 0.333. The molecule has 0 atom stereocenters. The molecule has 0 bridgehead atoms. The lowest BCUT2D eigenvalue weighted by atomic mass is 10.0. The van der Waals surface area contributed by atoms with Crippen LogP contribution in [0.4, 0.5) is 0 Å². The Hall–Kier alpha value is -3.01. The van der Waals surface area contributed by atoms with Crippen molar-refractivity contribution < 1.29 is 17.9 Å². The van der Waals surface area contributed by atoms with Crippen molar-refractivity contribution in [2.45, 2.75) is 17.2 Å². The summed E-state index contributed by atoms with van der Waals surface area (Å²) in [5.74, 6) is -0.509. The van der Waals surface area contributed by atoms with Crippen LogP contribution in [0, 0.1) is 0 Å². The predicted octanol–water partition coefficient (Wildman–Crippen LogP) is 2.36. The molecule has 1 saturated heterocycles. The van der Waals surface area contributed by atoms with E-state index in [0.717, 1.165) is 11.3 Å². The lowest BCUT2D eigenvalue weighted by Gasteiger charge is -2.27. The topological polar surface area (TPSA) is 84.7 Å². The Morgan fingerprint density at radius 2 is 1.79 bits per heavy atom. The first kappa shape index (κ1) is 21.8. The highest BCUT2D eigenvalue weighted by molar-refractivity contribution is 7.91. The van der Waals surface area contributed by atoms with E-state index in [0.29, 0.717) is 54.6 Å². The van der Waals surface area contributed by atoms with Crippen molar-refractivity contribution in [3.05, 3.63) is 65.4 Å². The second kappa shape index (κ2) is 8.40. The molecule has 172 valence electrons. The number of para-hydroxylation sites is 1. The van der Waals surface area contributed by atoms with Gasteiger partial charge in [0.1, 0.15) is 0 Å². The van der Waals surface area contributed by atoms with Gasteiger partial charge in [-0.05, 0) is 31.8 Å². The lowest BCUT2D eigenvalue weighted by molar-refractivity contribution is 0.0298. The molecule has 2 aliphatic heterocycles. The number of morpholine rings is 1. The van der Waals surface area contributed by atoms with Gasteiger partial charge in [-0.1, -0.05) is 36.4 Å². The number of sulfone groups is 1. The van der Waals surface area contributed by atoms with E-state index in [4.69, 9.17) is 9.84 Å². The number of amides is 1. The van der Waals surface area contributed by atoms with Crippen molar-refractivity contribution in [3.63, 3.8) is 0 Å². The van der Waals surface area contributed by atoms with E-state index in [1.54, 1.807) is 9.58 Å². The minimum atomic E-state index is -3.66. The van der Waals surface area contributed by atoms with E-state index in [1.165, 1.54) is 0 Å². The van der Waals surface area contributed by atoms with Crippen molar-refractivity contribution in [1.29, 1.82) is 0 Å². The molecule has 0 unspecified atom stereocenters. The normalized spacial score (nSPS) is 17.0. The summed E-state index contributed by atoms with van der Waals surface area (Å²) in [7, 11) is 0.158. The standard InChI is InChI=1S/C24H26N4O4S/c1-26(2)15-17-7-6-10-19-22-20(16-33(30,31)23(17)19)21(24(29)27-11-13-32-14-12-27)25-28(22)18-8-4-3-5-9-18/h3-10H,11-16H2,1-2H3. The van der Waals surface area contributed by atoms with E-state index in [1.807, 2.05) is 67.5 Å². The fourth-order valence-corrected chi connectivity index (χ4v) is 6.40. The Kier molecular flexibility index (Phi) is 5.55. The number of aromatic nitrogens is 2. The summed E-state index contributed by atoms with van der Waals surface area (Å²) in [5.41, 5.74) is 3.44. The van der Waals surface area contributed by atoms with E-state index in [2.05, 4.69) is 0 Å². The third-order valence-electron chi connectivity index (χ3n) is 5.97. The van der Waals surface area contributed by atoms with Crippen LogP contribution in [0.2, 0.25) is 0 Å². The van der Waals surface area contributed by atoms with Crippen LogP contribution >= 0.6 is 0 Å². The Morgan fingerprint density at radius 1 is 1.06 bits per heavy atom. The molecule has 0 saturated carbocycles. The molecule has 3 heterocycles. The van der Waals surface area contributed by atoms with Crippen LogP contribution in [0.15, 0.2) is 53.4 Å². The molecule has 3 aromatic rings. The Labute approximate surface area is 193 Å². The minimum absolute atomic E-state index is 0.197. The number of fused-ring (bicyclic) bond motifs is 3. The van der Waals surface area contributed by atoms with E-state index >= 15 is 0 Å². The SMILES string of the molecule is CN(C)Cc1cccc2c1S(=O)(=O)Cc1c(C(=O)N3CCOCC3)nn(-c3ccccc3)c1-2. The molecule has 9 heteroatoms. The highest BCUT2D eigenvalue weighted by Gasteiger charge is 2.38. The predicted molar refractivity (Wildman–Crippen MR) is 124 cm³/mol. The van der Waals surface area contributed by atoms with Crippen LogP contribution in [-0.4, -0.2) is 74.3 Å². The van der Waals surface area contributed by atoms with Crippen molar-refractivity contribution in [2.75, 3.05) is 40.4 Å². The molecule has 1 amide bonds. The molecule has 1 fully saturated rings. The summed E-state index contributed by atoms with van der Waals surface area (Å²) in [4.78, 5) is 17.4. The van der Waals surface area contributed by atoms with Gasteiger partial charge in [0, 0.05) is 30.8 Å². The molecule has 0 aliphatic carbocycles. The van der Waals surface area contributed by atoms with Crippen molar-refractivity contribution in [3.8, 4) is 16.9 Å². The van der Waals surface area contributed by atoms with Crippen LogP contribution in [0.25, 0.3) is 16.9 Å². The summed E-state index contributed by atoms with van der Waals surface area (Å²) < 4.78 is 34.2. The zero-order chi connectivity index (χ0) is 23.2. The van der Waals surface area contributed by atoms with Crippen LogP contribution in [0.5, 0.6) is 0 Å². The van der Waals surface area contributed by atoms with Crippen molar-refractivity contribution in [1.82, 2.24) is 19.6 Å². The number of benzene rings is 2. The molecule has 0 radical (unpaired) electrons. The molecule has 0 N–H and O–H groups in total. The average molecular weight is 467 g/mol. The zero-order valence-corrected chi connectivity index (χ0v) is 19.5. The number of hydrogen-bond donors (Lipinski definition) is 0. The zero-order valence-electron chi connectivity index (χ0n) is 18.7. The smallest absolute Gasteiger partial charge is 0.274 e. The number of hydrogen-bond acceptors (Lipinski definition) is 6. The molecular weight excluding hydrogens is 440 g/mol. The molecule has 1 aromatic heterocycles. The van der Waals surface area contributed by atoms with Gasteiger partial charge in [-0.3, -0.25) is 4.79 Å². The third kappa shape index (κ3) is 3.86.